The first-order valence-corrected chi connectivity index (χ1v) is 6.65. The van der Waals surface area contributed by atoms with Crippen LogP contribution in [0.25, 0.3) is 0 Å². The molecule has 0 saturated heterocycles. The van der Waals surface area contributed by atoms with E-state index in [-0.39, 0.29) is 6.04 Å². The van der Waals surface area contributed by atoms with E-state index in [0.717, 1.165) is 17.8 Å². The molecule has 0 saturated carbocycles. The SMILES string of the molecule is COc1ncccc1CN(C)C(C)c1cccc(N)c1. The summed E-state index contributed by atoms with van der Waals surface area (Å²) in [5, 5.41) is 0. The Morgan fingerprint density at radius 1 is 1.30 bits per heavy atom. The topological polar surface area (TPSA) is 51.4 Å². The summed E-state index contributed by atoms with van der Waals surface area (Å²) < 4.78 is 5.29. The van der Waals surface area contributed by atoms with Crippen LogP contribution in [-0.4, -0.2) is 24.0 Å². The van der Waals surface area contributed by atoms with Crippen molar-refractivity contribution < 1.29 is 4.74 Å². The van der Waals surface area contributed by atoms with Gasteiger partial charge in [0.05, 0.1) is 7.11 Å². The fourth-order valence-corrected chi connectivity index (χ4v) is 2.21. The molecule has 4 heteroatoms. The molecule has 1 aromatic heterocycles. The minimum absolute atomic E-state index is 0.267. The highest BCUT2D eigenvalue weighted by atomic mass is 16.5. The Bertz CT molecular complexity index is 571. The summed E-state index contributed by atoms with van der Waals surface area (Å²) in [7, 11) is 3.73. The molecule has 0 fully saturated rings. The number of hydrogen-bond donors (Lipinski definition) is 1. The number of rotatable bonds is 5. The zero-order valence-corrected chi connectivity index (χ0v) is 12.2. The smallest absolute Gasteiger partial charge is 0.217 e. The Labute approximate surface area is 120 Å². The third-order valence-corrected chi connectivity index (χ3v) is 3.52. The Morgan fingerprint density at radius 3 is 2.80 bits per heavy atom. The van der Waals surface area contributed by atoms with Gasteiger partial charge in [-0.2, -0.15) is 0 Å². The Kier molecular flexibility index (Phi) is 4.58. The van der Waals surface area contributed by atoms with Gasteiger partial charge in [-0.3, -0.25) is 4.90 Å². The van der Waals surface area contributed by atoms with Crippen molar-refractivity contribution in [2.24, 2.45) is 0 Å². The van der Waals surface area contributed by atoms with E-state index in [2.05, 4.69) is 29.9 Å². The van der Waals surface area contributed by atoms with Gasteiger partial charge in [-0.05, 0) is 37.7 Å². The number of anilines is 1. The maximum atomic E-state index is 5.85. The Hall–Kier alpha value is -2.07. The zero-order chi connectivity index (χ0) is 14.5. The predicted molar refractivity (Wildman–Crippen MR) is 81.5 cm³/mol. The molecule has 0 radical (unpaired) electrons. The van der Waals surface area contributed by atoms with Crippen molar-refractivity contribution in [1.82, 2.24) is 9.88 Å². The molecule has 2 N–H and O–H groups in total. The van der Waals surface area contributed by atoms with Crippen molar-refractivity contribution in [2.45, 2.75) is 19.5 Å². The van der Waals surface area contributed by atoms with Crippen LogP contribution in [-0.2, 0) is 6.54 Å². The molecule has 1 aromatic carbocycles. The minimum atomic E-state index is 0.267. The van der Waals surface area contributed by atoms with Gasteiger partial charge in [-0.25, -0.2) is 4.98 Å². The summed E-state index contributed by atoms with van der Waals surface area (Å²) >= 11 is 0. The molecule has 0 aliphatic heterocycles. The number of benzene rings is 1. The standard InChI is InChI=1S/C16H21N3O/c1-12(13-6-4-8-15(17)10-13)19(2)11-14-7-5-9-18-16(14)20-3/h4-10,12H,11,17H2,1-3H3. The van der Waals surface area contributed by atoms with Crippen LogP contribution in [0.5, 0.6) is 5.88 Å². The largest absolute Gasteiger partial charge is 0.481 e. The van der Waals surface area contributed by atoms with Crippen LogP contribution in [0.1, 0.15) is 24.1 Å². The van der Waals surface area contributed by atoms with Crippen molar-refractivity contribution >= 4 is 5.69 Å². The molecule has 106 valence electrons. The molecule has 2 aromatic rings. The van der Waals surface area contributed by atoms with Gasteiger partial charge < -0.3 is 10.5 Å². The monoisotopic (exact) mass is 271 g/mol. The summed E-state index contributed by atoms with van der Waals surface area (Å²) in [6, 6.07) is 12.2. The zero-order valence-electron chi connectivity index (χ0n) is 12.2. The van der Waals surface area contributed by atoms with E-state index in [1.54, 1.807) is 13.3 Å². The predicted octanol–water partition coefficient (Wildman–Crippen LogP) is 2.87. The van der Waals surface area contributed by atoms with Gasteiger partial charge in [-0.15, -0.1) is 0 Å². The van der Waals surface area contributed by atoms with Crippen LogP contribution in [0.3, 0.4) is 0 Å². The molecule has 0 amide bonds. The average molecular weight is 271 g/mol. The normalized spacial score (nSPS) is 12.4. The van der Waals surface area contributed by atoms with Gasteiger partial charge in [0.15, 0.2) is 0 Å². The van der Waals surface area contributed by atoms with Crippen molar-refractivity contribution in [3.05, 3.63) is 53.7 Å². The summed E-state index contributed by atoms with van der Waals surface area (Å²) in [6.45, 7) is 2.94. The first-order chi connectivity index (χ1) is 9.61. The molecule has 20 heavy (non-hydrogen) atoms. The van der Waals surface area contributed by atoms with Crippen LogP contribution < -0.4 is 10.5 Å². The highest BCUT2D eigenvalue weighted by Gasteiger charge is 2.14. The number of pyridine rings is 1. The number of ether oxygens (including phenoxy) is 1. The van der Waals surface area contributed by atoms with Gasteiger partial charge >= 0.3 is 0 Å². The van der Waals surface area contributed by atoms with Gasteiger partial charge in [-0.1, -0.05) is 18.2 Å². The van der Waals surface area contributed by atoms with Crippen molar-refractivity contribution in [3.63, 3.8) is 0 Å². The van der Waals surface area contributed by atoms with Crippen LogP contribution in [0.4, 0.5) is 5.69 Å². The van der Waals surface area contributed by atoms with E-state index in [1.807, 2.05) is 30.3 Å². The maximum absolute atomic E-state index is 5.85. The summed E-state index contributed by atoms with van der Waals surface area (Å²) in [5.74, 6) is 0.680. The highest BCUT2D eigenvalue weighted by Crippen LogP contribution is 2.24. The summed E-state index contributed by atoms with van der Waals surface area (Å²) in [5.41, 5.74) is 8.92. The lowest BCUT2D eigenvalue weighted by Crippen LogP contribution is -2.22. The van der Waals surface area contributed by atoms with Gasteiger partial charge in [0.25, 0.3) is 0 Å². The Morgan fingerprint density at radius 2 is 2.10 bits per heavy atom. The lowest BCUT2D eigenvalue weighted by Gasteiger charge is -2.25. The van der Waals surface area contributed by atoms with Crippen LogP contribution >= 0.6 is 0 Å². The molecule has 0 aliphatic carbocycles. The maximum Gasteiger partial charge on any atom is 0.217 e. The van der Waals surface area contributed by atoms with Crippen molar-refractivity contribution in [1.29, 1.82) is 0 Å². The second kappa shape index (κ2) is 6.39. The number of nitrogens with zero attached hydrogens (tertiary/aromatic N) is 2. The first-order valence-electron chi connectivity index (χ1n) is 6.65. The van der Waals surface area contributed by atoms with Gasteiger partial charge in [0.2, 0.25) is 5.88 Å². The van der Waals surface area contributed by atoms with E-state index in [9.17, 15) is 0 Å². The molecule has 2 rings (SSSR count). The number of aromatic nitrogens is 1. The van der Waals surface area contributed by atoms with Crippen LogP contribution in [0.15, 0.2) is 42.6 Å². The molecular formula is C16H21N3O. The molecule has 0 bridgehead atoms. The molecule has 1 heterocycles. The van der Waals surface area contributed by atoms with E-state index < -0.39 is 0 Å². The van der Waals surface area contributed by atoms with E-state index in [4.69, 9.17) is 10.5 Å². The van der Waals surface area contributed by atoms with Crippen molar-refractivity contribution in [2.75, 3.05) is 19.9 Å². The first kappa shape index (κ1) is 14.3. The van der Waals surface area contributed by atoms with E-state index in [0.29, 0.717) is 5.88 Å². The number of nitrogen functional groups attached to an aromatic ring is 1. The van der Waals surface area contributed by atoms with E-state index >= 15 is 0 Å². The quantitative estimate of drug-likeness (QED) is 0.850. The second-order valence-electron chi connectivity index (χ2n) is 4.93. The molecule has 1 unspecified atom stereocenters. The second-order valence-corrected chi connectivity index (χ2v) is 4.93. The van der Waals surface area contributed by atoms with Crippen molar-refractivity contribution in [3.8, 4) is 5.88 Å². The van der Waals surface area contributed by atoms with Gasteiger partial charge in [0, 0.05) is 30.0 Å². The molecule has 0 aliphatic rings. The minimum Gasteiger partial charge on any atom is -0.481 e. The molecule has 4 nitrogen and oxygen atoms in total. The van der Waals surface area contributed by atoms with Crippen LogP contribution in [0.2, 0.25) is 0 Å². The lowest BCUT2D eigenvalue weighted by molar-refractivity contribution is 0.248. The molecule has 1 atom stereocenters. The number of hydrogen-bond acceptors (Lipinski definition) is 4. The molecule has 0 spiro atoms. The third-order valence-electron chi connectivity index (χ3n) is 3.52. The highest BCUT2D eigenvalue weighted by molar-refractivity contribution is 5.41. The van der Waals surface area contributed by atoms with Gasteiger partial charge in [0.1, 0.15) is 0 Å². The third kappa shape index (κ3) is 3.27. The van der Waals surface area contributed by atoms with Crippen LogP contribution in [0, 0.1) is 0 Å². The fraction of sp³-hybridized carbons (Fsp3) is 0.312. The number of nitrogens with two attached hydrogens (primary N) is 1. The van der Waals surface area contributed by atoms with E-state index in [1.165, 1.54) is 5.56 Å². The summed E-state index contributed by atoms with van der Waals surface area (Å²) in [4.78, 5) is 6.47. The fourth-order valence-electron chi connectivity index (χ4n) is 2.21. The lowest BCUT2D eigenvalue weighted by atomic mass is 10.1. The summed E-state index contributed by atoms with van der Waals surface area (Å²) in [6.07, 6.45) is 1.74. The number of methoxy groups -OCH3 is 1. The molecular weight excluding hydrogens is 250 g/mol. The average Bonchev–Trinajstić information content (AvgIpc) is 2.47. The Balaban J connectivity index is 2.13.